The molecule has 1 aliphatic rings. The van der Waals surface area contributed by atoms with Crippen LogP contribution in [-0.2, 0) is 6.42 Å². The fourth-order valence-electron chi connectivity index (χ4n) is 3.55. The van der Waals surface area contributed by atoms with Crippen molar-refractivity contribution in [3.63, 3.8) is 0 Å². The highest BCUT2D eigenvalue weighted by Gasteiger charge is 2.23. The number of aryl methyl sites for hydroxylation is 1. The maximum absolute atomic E-state index is 12.0. The minimum atomic E-state index is -0.672. The molecule has 0 radical (unpaired) electrons. The van der Waals surface area contributed by atoms with E-state index < -0.39 is 5.91 Å². The van der Waals surface area contributed by atoms with Gasteiger partial charge in [0.2, 0.25) is 0 Å². The van der Waals surface area contributed by atoms with Crippen molar-refractivity contribution in [2.45, 2.75) is 51.2 Å². The predicted molar refractivity (Wildman–Crippen MR) is 128 cm³/mol. The number of anilines is 3. The second-order valence-electron chi connectivity index (χ2n) is 7.48. The Morgan fingerprint density at radius 1 is 1.19 bits per heavy atom. The Kier molecular flexibility index (Phi) is 7.65. The van der Waals surface area contributed by atoms with Gasteiger partial charge < -0.3 is 26.8 Å². The van der Waals surface area contributed by atoms with Crippen molar-refractivity contribution in [2.24, 2.45) is 5.73 Å². The van der Waals surface area contributed by atoms with Crippen LogP contribution in [-0.4, -0.2) is 46.1 Å². The number of aliphatic hydroxyl groups excluding tert-OH is 1. The summed E-state index contributed by atoms with van der Waals surface area (Å²) < 4.78 is 0.750. The van der Waals surface area contributed by atoms with Crippen LogP contribution in [0.2, 0.25) is 0 Å². The number of nitrogens with two attached hydrogens (primary N) is 1. The standard InChI is InChI=1S/C21H27IN6O3/c1-3-16-19(25-11-4-7-13(29)8-5-11)28-20(17(27-16)18(23)30)26-12-6-9-14(15(22)10-12)21(31)24-2/h6,9-11,13,29H,3-5,7-8H2,1-2H3,(H2,23,30)(H,24,31)(H2,25,26,28)/t11-,13-. The second kappa shape index (κ2) is 10.2. The summed E-state index contributed by atoms with van der Waals surface area (Å²) in [5.41, 5.74) is 7.50. The van der Waals surface area contributed by atoms with E-state index in [1.165, 1.54) is 0 Å². The van der Waals surface area contributed by atoms with Gasteiger partial charge in [-0.1, -0.05) is 6.92 Å². The normalized spacial score (nSPS) is 18.3. The Bertz CT molecular complexity index is 976. The lowest BCUT2D eigenvalue weighted by atomic mass is 9.93. The molecule has 0 bridgehead atoms. The average molecular weight is 538 g/mol. The topological polar surface area (TPSA) is 142 Å². The highest BCUT2D eigenvalue weighted by molar-refractivity contribution is 14.1. The zero-order valence-electron chi connectivity index (χ0n) is 17.5. The maximum Gasteiger partial charge on any atom is 0.271 e. The van der Waals surface area contributed by atoms with Crippen LogP contribution in [0.4, 0.5) is 17.3 Å². The Morgan fingerprint density at radius 3 is 2.48 bits per heavy atom. The van der Waals surface area contributed by atoms with Crippen molar-refractivity contribution in [1.82, 2.24) is 15.3 Å². The summed E-state index contributed by atoms with van der Waals surface area (Å²) in [4.78, 5) is 33.1. The summed E-state index contributed by atoms with van der Waals surface area (Å²) >= 11 is 2.08. The molecule has 10 heteroatoms. The Morgan fingerprint density at radius 2 is 1.90 bits per heavy atom. The van der Waals surface area contributed by atoms with Gasteiger partial charge in [-0.05, 0) is 72.9 Å². The molecule has 0 atom stereocenters. The molecule has 31 heavy (non-hydrogen) atoms. The summed E-state index contributed by atoms with van der Waals surface area (Å²) in [6.45, 7) is 1.94. The molecular weight excluding hydrogens is 511 g/mol. The SMILES string of the molecule is CCc1nc(C(N)=O)c(Nc2ccc(C(=O)NC)c(I)c2)nc1N[C@H]1CC[C@H](O)CC1. The van der Waals surface area contributed by atoms with Gasteiger partial charge in [-0.2, -0.15) is 0 Å². The number of primary amides is 1. The summed E-state index contributed by atoms with van der Waals surface area (Å²) in [6.07, 6.45) is 3.51. The third-order valence-corrected chi connectivity index (χ3v) is 6.17. The number of amides is 2. The molecule has 0 spiro atoms. The van der Waals surface area contributed by atoms with Gasteiger partial charge in [0.15, 0.2) is 11.5 Å². The van der Waals surface area contributed by atoms with Gasteiger partial charge in [-0.15, -0.1) is 0 Å². The first-order valence-corrected chi connectivity index (χ1v) is 11.3. The van der Waals surface area contributed by atoms with Crippen molar-refractivity contribution >= 4 is 51.7 Å². The van der Waals surface area contributed by atoms with Crippen LogP contribution < -0.4 is 21.7 Å². The molecule has 1 aliphatic carbocycles. The number of halogens is 1. The summed E-state index contributed by atoms with van der Waals surface area (Å²) in [5.74, 6) is 0.0123. The molecule has 0 aliphatic heterocycles. The van der Waals surface area contributed by atoms with Gasteiger partial charge in [0.05, 0.1) is 17.4 Å². The van der Waals surface area contributed by atoms with Crippen LogP contribution in [0.3, 0.4) is 0 Å². The quantitative estimate of drug-likeness (QED) is 0.341. The minimum Gasteiger partial charge on any atom is -0.393 e. The lowest BCUT2D eigenvalue weighted by Gasteiger charge is -2.27. The first-order chi connectivity index (χ1) is 14.8. The van der Waals surface area contributed by atoms with E-state index in [9.17, 15) is 14.7 Å². The largest absolute Gasteiger partial charge is 0.393 e. The lowest BCUT2D eigenvalue weighted by Crippen LogP contribution is -2.29. The molecule has 2 aromatic rings. The molecule has 1 aromatic heterocycles. The zero-order valence-corrected chi connectivity index (χ0v) is 19.7. The monoisotopic (exact) mass is 538 g/mol. The molecule has 6 N–H and O–H groups in total. The van der Waals surface area contributed by atoms with Crippen LogP contribution in [0.15, 0.2) is 18.2 Å². The fraction of sp³-hybridized carbons (Fsp3) is 0.429. The molecule has 0 unspecified atom stereocenters. The summed E-state index contributed by atoms with van der Waals surface area (Å²) in [7, 11) is 1.58. The van der Waals surface area contributed by atoms with E-state index in [0.29, 0.717) is 29.2 Å². The number of rotatable bonds is 7. The molecule has 166 valence electrons. The Balaban J connectivity index is 1.91. The lowest BCUT2D eigenvalue weighted by molar-refractivity contribution is 0.0960. The highest BCUT2D eigenvalue weighted by Crippen LogP contribution is 2.27. The van der Waals surface area contributed by atoms with Gasteiger partial charge in [0.1, 0.15) is 5.82 Å². The van der Waals surface area contributed by atoms with E-state index in [1.807, 2.05) is 6.92 Å². The van der Waals surface area contributed by atoms with Crippen LogP contribution in [0, 0.1) is 3.57 Å². The summed E-state index contributed by atoms with van der Waals surface area (Å²) in [6, 6.07) is 5.42. The van der Waals surface area contributed by atoms with E-state index in [-0.39, 0.29) is 29.6 Å². The number of aliphatic hydroxyl groups is 1. The summed E-state index contributed by atoms with van der Waals surface area (Å²) in [5, 5.41) is 18.9. The number of aromatic nitrogens is 2. The molecular formula is C21H27IN6O3. The van der Waals surface area contributed by atoms with E-state index >= 15 is 0 Å². The number of nitrogens with zero attached hydrogens (tertiary/aromatic N) is 2. The van der Waals surface area contributed by atoms with Crippen LogP contribution >= 0.6 is 22.6 Å². The van der Waals surface area contributed by atoms with Crippen LogP contribution in [0.1, 0.15) is 59.1 Å². The number of carbonyl (C=O) groups excluding carboxylic acids is 2. The third-order valence-electron chi connectivity index (χ3n) is 5.28. The molecule has 1 aromatic carbocycles. The van der Waals surface area contributed by atoms with Crippen molar-refractivity contribution in [1.29, 1.82) is 0 Å². The number of nitrogens with one attached hydrogen (secondary N) is 3. The van der Waals surface area contributed by atoms with Gasteiger partial charge in [-0.3, -0.25) is 9.59 Å². The average Bonchev–Trinajstić information content (AvgIpc) is 2.75. The zero-order chi connectivity index (χ0) is 22.5. The second-order valence-corrected chi connectivity index (χ2v) is 8.64. The highest BCUT2D eigenvalue weighted by atomic mass is 127. The number of carbonyl (C=O) groups is 2. The van der Waals surface area contributed by atoms with Crippen molar-refractivity contribution < 1.29 is 14.7 Å². The Hall–Kier alpha value is -2.47. The molecule has 1 heterocycles. The van der Waals surface area contributed by atoms with Crippen molar-refractivity contribution in [3.8, 4) is 0 Å². The molecule has 0 saturated heterocycles. The van der Waals surface area contributed by atoms with Gasteiger partial charge in [-0.25, -0.2) is 9.97 Å². The third kappa shape index (κ3) is 5.62. The molecule has 9 nitrogen and oxygen atoms in total. The van der Waals surface area contributed by atoms with E-state index in [4.69, 9.17) is 5.73 Å². The van der Waals surface area contributed by atoms with E-state index in [0.717, 1.165) is 29.3 Å². The number of benzene rings is 1. The van der Waals surface area contributed by atoms with Gasteiger partial charge in [0.25, 0.3) is 11.8 Å². The van der Waals surface area contributed by atoms with Crippen molar-refractivity contribution in [2.75, 3.05) is 17.7 Å². The fourth-order valence-corrected chi connectivity index (χ4v) is 4.31. The molecule has 1 fully saturated rings. The van der Waals surface area contributed by atoms with Gasteiger partial charge >= 0.3 is 0 Å². The van der Waals surface area contributed by atoms with Gasteiger partial charge in [0, 0.05) is 22.3 Å². The van der Waals surface area contributed by atoms with Crippen LogP contribution in [0.5, 0.6) is 0 Å². The predicted octanol–water partition coefficient (Wildman–Crippen LogP) is 2.56. The molecule has 1 saturated carbocycles. The minimum absolute atomic E-state index is 0.0619. The smallest absolute Gasteiger partial charge is 0.271 e. The van der Waals surface area contributed by atoms with Crippen LogP contribution in [0.25, 0.3) is 0 Å². The van der Waals surface area contributed by atoms with E-state index in [2.05, 4.69) is 48.5 Å². The first-order valence-electron chi connectivity index (χ1n) is 10.3. The number of hydrogen-bond donors (Lipinski definition) is 5. The molecule has 2 amide bonds. The number of hydrogen-bond acceptors (Lipinski definition) is 7. The van der Waals surface area contributed by atoms with E-state index in [1.54, 1.807) is 25.2 Å². The Labute approximate surface area is 194 Å². The first kappa shape index (κ1) is 23.2. The molecule has 3 rings (SSSR count). The maximum atomic E-state index is 12.0. The van der Waals surface area contributed by atoms with Crippen molar-refractivity contribution in [3.05, 3.63) is 38.7 Å².